The highest BCUT2D eigenvalue weighted by atomic mass is 16.5. The quantitative estimate of drug-likeness (QED) is 0.854. The van der Waals surface area contributed by atoms with Crippen LogP contribution in [0.5, 0.6) is 11.5 Å². The van der Waals surface area contributed by atoms with E-state index in [0.29, 0.717) is 17.1 Å². The van der Waals surface area contributed by atoms with E-state index in [9.17, 15) is 4.79 Å². The zero-order chi connectivity index (χ0) is 15.2. The molecule has 0 bridgehead atoms. The predicted molar refractivity (Wildman–Crippen MR) is 76.7 cm³/mol. The van der Waals surface area contributed by atoms with Crippen molar-refractivity contribution in [3.8, 4) is 11.5 Å². The maximum Gasteiger partial charge on any atom is 0.335 e. The van der Waals surface area contributed by atoms with Crippen molar-refractivity contribution >= 4 is 5.97 Å². The van der Waals surface area contributed by atoms with Gasteiger partial charge >= 0.3 is 5.97 Å². The number of hydrogen-bond donors (Lipinski definition) is 2. The van der Waals surface area contributed by atoms with Crippen molar-refractivity contribution in [2.75, 3.05) is 7.11 Å². The van der Waals surface area contributed by atoms with Gasteiger partial charge < -0.3 is 19.7 Å². The van der Waals surface area contributed by atoms with Crippen molar-refractivity contribution in [1.82, 2.24) is 0 Å². The third kappa shape index (κ3) is 3.73. The number of hydrogen-bond acceptors (Lipinski definition) is 4. The van der Waals surface area contributed by atoms with E-state index in [2.05, 4.69) is 0 Å². The van der Waals surface area contributed by atoms with Gasteiger partial charge in [0.2, 0.25) is 0 Å². The number of carboxylic acids is 1. The molecule has 0 saturated heterocycles. The van der Waals surface area contributed by atoms with E-state index in [1.165, 1.54) is 19.2 Å². The van der Waals surface area contributed by atoms with Crippen LogP contribution in [-0.4, -0.2) is 23.3 Å². The fourth-order valence-corrected chi connectivity index (χ4v) is 1.92. The number of aliphatic hydroxyl groups excluding tert-OH is 1. The fraction of sp³-hybridized carbons (Fsp3) is 0.188. The van der Waals surface area contributed by atoms with E-state index in [-0.39, 0.29) is 18.8 Å². The Morgan fingerprint density at radius 3 is 2.67 bits per heavy atom. The Bertz CT molecular complexity index is 636. The third-order valence-corrected chi connectivity index (χ3v) is 3.00. The summed E-state index contributed by atoms with van der Waals surface area (Å²) >= 11 is 0. The monoisotopic (exact) mass is 288 g/mol. The highest BCUT2D eigenvalue weighted by molar-refractivity contribution is 5.88. The third-order valence-electron chi connectivity index (χ3n) is 3.00. The number of aromatic carboxylic acids is 1. The van der Waals surface area contributed by atoms with Gasteiger partial charge in [-0.15, -0.1) is 0 Å². The molecule has 0 aliphatic carbocycles. The lowest BCUT2D eigenvalue weighted by Gasteiger charge is -2.11. The lowest BCUT2D eigenvalue weighted by molar-refractivity contribution is 0.0696. The number of carboxylic acid groups (broad SMARTS) is 1. The first-order valence-electron chi connectivity index (χ1n) is 6.37. The minimum atomic E-state index is -0.999. The van der Waals surface area contributed by atoms with Crippen LogP contribution < -0.4 is 9.47 Å². The molecule has 0 aromatic heterocycles. The first-order chi connectivity index (χ1) is 10.1. The molecule has 5 heteroatoms. The molecule has 2 aromatic rings. The molecule has 0 amide bonds. The molecular weight excluding hydrogens is 272 g/mol. The Morgan fingerprint density at radius 1 is 1.19 bits per heavy atom. The Kier molecular flexibility index (Phi) is 4.79. The van der Waals surface area contributed by atoms with Crippen molar-refractivity contribution in [1.29, 1.82) is 0 Å². The highest BCUT2D eigenvalue weighted by Gasteiger charge is 2.09. The average Bonchev–Trinajstić information content (AvgIpc) is 2.52. The summed E-state index contributed by atoms with van der Waals surface area (Å²) in [5.74, 6) is 0.170. The number of rotatable bonds is 6. The molecule has 2 rings (SSSR count). The largest absolute Gasteiger partial charge is 0.496 e. The minimum Gasteiger partial charge on any atom is -0.496 e. The number of aliphatic hydroxyl groups is 1. The maximum absolute atomic E-state index is 11.0. The van der Waals surface area contributed by atoms with Gasteiger partial charge in [-0.3, -0.25) is 0 Å². The van der Waals surface area contributed by atoms with Crippen LogP contribution in [0, 0.1) is 0 Å². The second kappa shape index (κ2) is 6.76. The summed E-state index contributed by atoms with van der Waals surface area (Å²) in [5.41, 5.74) is 1.57. The Balaban J connectivity index is 2.17. The Hall–Kier alpha value is -2.53. The maximum atomic E-state index is 11.0. The van der Waals surface area contributed by atoms with Gasteiger partial charge in [-0.25, -0.2) is 4.79 Å². The zero-order valence-corrected chi connectivity index (χ0v) is 11.6. The van der Waals surface area contributed by atoms with Crippen LogP contribution in [0.2, 0.25) is 0 Å². The van der Waals surface area contributed by atoms with Crippen molar-refractivity contribution in [2.45, 2.75) is 13.2 Å². The predicted octanol–water partition coefficient (Wildman–Crippen LogP) is 2.46. The zero-order valence-electron chi connectivity index (χ0n) is 11.6. The SMILES string of the molecule is COc1ccc(C(=O)O)cc1COc1cccc(CO)c1. The van der Waals surface area contributed by atoms with E-state index in [4.69, 9.17) is 19.7 Å². The first-order valence-corrected chi connectivity index (χ1v) is 6.37. The second-order valence-electron chi connectivity index (χ2n) is 4.43. The normalized spacial score (nSPS) is 10.2. The molecule has 0 spiro atoms. The van der Waals surface area contributed by atoms with E-state index in [1.54, 1.807) is 30.3 Å². The molecule has 110 valence electrons. The summed E-state index contributed by atoms with van der Waals surface area (Å²) in [6.07, 6.45) is 0. The molecule has 0 aliphatic heterocycles. The van der Waals surface area contributed by atoms with Gasteiger partial charge in [0, 0.05) is 5.56 Å². The van der Waals surface area contributed by atoms with Crippen LogP contribution in [0.1, 0.15) is 21.5 Å². The van der Waals surface area contributed by atoms with Gasteiger partial charge in [0.25, 0.3) is 0 Å². The summed E-state index contributed by atoms with van der Waals surface area (Å²) in [7, 11) is 1.52. The topological polar surface area (TPSA) is 76.0 Å². The lowest BCUT2D eigenvalue weighted by Crippen LogP contribution is -2.03. The smallest absolute Gasteiger partial charge is 0.335 e. The van der Waals surface area contributed by atoms with E-state index >= 15 is 0 Å². The van der Waals surface area contributed by atoms with Crippen molar-refractivity contribution in [2.24, 2.45) is 0 Å². The minimum absolute atomic E-state index is 0.0605. The van der Waals surface area contributed by atoms with Gasteiger partial charge in [0.15, 0.2) is 0 Å². The molecule has 5 nitrogen and oxygen atoms in total. The summed E-state index contributed by atoms with van der Waals surface area (Å²) in [6, 6.07) is 11.7. The van der Waals surface area contributed by atoms with Crippen molar-refractivity contribution in [3.05, 3.63) is 59.2 Å². The Morgan fingerprint density at radius 2 is 2.00 bits per heavy atom. The van der Waals surface area contributed by atoms with Crippen LogP contribution in [0.4, 0.5) is 0 Å². The highest BCUT2D eigenvalue weighted by Crippen LogP contribution is 2.22. The summed E-state index contributed by atoms with van der Waals surface area (Å²) < 4.78 is 10.8. The lowest BCUT2D eigenvalue weighted by atomic mass is 10.1. The number of benzene rings is 2. The van der Waals surface area contributed by atoms with E-state index in [1.807, 2.05) is 0 Å². The molecule has 0 saturated carbocycles. The molecule has 0 radical (unpaired) electrons. The van der Waals surface area contributed by atoms with E-state index < -0.39 is 5.97 Å². The standard InChI is InChI=1S/C16H16O5/c1-20-15-6-5-12(16(18)19)8-13(15)10-21-14-4-2-3-11(7-14)9-17/h2-8,17H,9-10H2,1H3,(H,18,19). The van der Waals surface area contributed by atoms with Crippen LogP contribution in [0.25, 0.3) is 0 Å². The first kappa shape index (κ1) is 14.9. The van der Waals surface area contributed by atoms with Gasteiger partial charge in [-0.1, -0.05) is 12.1 Å². The Labute approximate surface area is 122 Å². The molecule has 2 N–H and O–H groups in total. The molecule has 0 aliphatic rings. The number of carbonyl (C=O) groups is 1. The van der Waals surface area contributed by atoms with Gasteiger partial charge in [-0.2, -0.15) is 0 Å². The van der Waals surface area contributed by atoms with Crippen LogP contribution >= 0.6 is 0 Å². The molecular formula is C16H16O5. The summed E-state index contributed by atoms with van der Waals surface area (Å²) in [5, 5.41) is 18.1. The average molecular weight is 288 g/mol. The van der Waals surface area contributed by atoms with Gasteiger partial charge in [0.1, 0.15) is 18.1 Å². The number of methoxy groups -OCH3 is 1. The van der Waals surface area contributed by atoms with Crippen molar-refractivity contribution in [3.63, 3.8) is 0 Å². The molecule has 2 aromatic carbocycles. The molecule has 0 unspecified atom stereocenters. The molecule has 0 fully saturated rings. The summed E-state index contributed by atoms with van der Waals surface area (Å²) in [4.78, 5) is 11.0. The van der Waals surface area contributed by atoms with Gasteiger partial charge in [0.05, 0.1) is 19.3 Å². The van der Waals surface area contributed by atoms with Crippen LogP contribution in [-0.2, 0) is 13.2 Å². The van der Waals surface area contributed by atoms with Crippen LogP contribution in [0.15, 0.2) is 42.5 Å². The molecule has 0 atom stereocenters. The van der Waals surface area contributed by atoms with Gasteiger partial charge in [-0.05, 0) is 35.9 Å². The van der Waals surface area contributed by atoms with E-state index in [0.717, 1.165) is 5.56 Å². The number of ether oxygens (including phenoxy) is 2. The van der Waals surface area contributed by atoms with Crippen LogP contribution in [0.3, 0.4) is 0 Å². The molecule has 0 heterocycles. The molecule has 21 heavy (non-hydrogen) atoms. The second-order valence-corrected chi connectivity index (χ2v) is 4.43. The van der Waals surface area contributed by atoms with Crippen molar-refractivity contribution < 1.29 is 24.5 Å². The summed E-state index contributed by atoms with van der Waals surface area (Å²) in [6.45, 7) is 0.119. The fourth-order valence-electron chi connectivity index (χ4n) is 1.92.